The molecule has 120 valence electrons. The molecule has 2 fully saturated rings. The van der Waals surface area contributed by atoms with Crippen LogP contribution in [0.3, 0.4) is 0 Å². The number of carbonyl (C=O) groups is 1. The van der Waals surface area contributed by atoms with Gasteiger partial charge in [0.25, 0.3) is 5.56 Å². The standard InChI is InChI=1S/C15H22N4O3/c1-10-7-13(20)19(15(22)16-10)6-5-18-8-11-3-2-4-12(9-18)17-14(11)21/h7,11-12H,2-6,8-9H2,1H3,(H,16,22)(H,17,21)/t11-,12+/m1/s1. The lowest BCUT2D eigenvalue weighted by Crippen LogP contribution is -2.43. The fourth-order valence-corrected chi connectivity index (χ4v) is 3.41. The van der Waals surface area contributed by atoms with Crippen LogP contribution in [-0.2, 0) is 11.3 Å². The maximum absolute atomic E-state index is 12.0. The van der Waals surface area contributed by atoms with Gasteiger partial charge in [0, 0.05) is 44.0 Å². The number of nitrogens with one attached hydrogen (secondary N) is 2. The highest BCUT2D eigenvalue weighted by Gasteiger charge is 2.32. The fraction of sp³-hybridized carbons (Fsp3) is 0.667. The van der Waals surface area contributed by atoms with E-state index >= 15 is 0 Å². The molecule has 2 atom stereocenters. The van der Waals surface area contributed by atoms with E-state index < -0.39 is 0 Å². The van der Waals surface area contributed by atoms with E-state index in [0.29, 0.717) is 25.3 Å². The van der Waals surface area contributed by atoms with E-state index in [1.165, 1.54) is 10.6 Å². The number of hydrogen-bond donors (Lipinski definition) is 2. The number of amides is 1. The zero-order valence-electron chi connectivity index (χ0n) is 12.8. The molecule has 0 unspecified atom stereocenters. The van der Waals surface area contributed by atoms with Crippen molar-refractivity contribution in [2.24, 2.45) is 5.92 Å². The first-order chi connectivity index (χ1) is 10.5. The molecule has 0 saturated carbocycles. The van der Waals surface area contributed by atoms with Crippen molar-refractivity contribution in [2.45, 2.75) is 38.8 Å². The fourth-order valence-electron chi connectivity index (χ4n) is 3.41. The molecule has 2 N–H and O–H groups in total. The second-order valence-electron chi connectivity index (χ2n) is 6.34. The van der Waals surface area contributed by atoms with Crippen LogP contribution in [-0.4, -0.2) is 46.0 Å². The highest BCUT2D eigenvalue weighted by molar-refractivity contribution is 5.79. The van der Waals surface area contributed by atoms with Crippen LogP contribution in [0.4, 0.5) is 0 Å². The second kappa shape index (κ2) is 6.08. The summed E-state index contributed by atoms with van der Waals surface area (Å²) in [6.07, 6.45) is 3.01. The third-order valence-corrected chi connectivity index (χ3v) is 4.57. The van der Waals surface area contributed by atoms with E-state index in [0.717, 1.165) is 25.8 Å². The molecule has 1 aromatic rings. The van der Waals surface area contributed by atoms with Crippen LogP contribution in [0.15, 0.2) is 15.7 Å². The van der Waals surface area contributed by atoms with Gasteiger partial charge in [0.05, 0.1) is 5.92 Å². The van der Waals surface area contributed by atoms with Gasteiger partial charge in [-0.2, -0.15) is 0 Å². The lowest BCUT2D eigenvalue weighted by molar-refractivity contribution is -0.124. The van der Waals surface area contributed by atoms with Gasteiger partial charge in [-0.25, -0.2) is 4.79 Å². The smallest absolute Gasteiger partial charge is 0.328 e. The molecule has 0 aromatic carbocycles. The average Bonchev–Trinajstić information content (AvgIpc) is 2.66. The largest absolute Gasteiger partial charge is 0.352 e. The van der Waals surface area contributed by atoms with Gasteiger partial charge in [-0.3, -0.25) is 19.1 Å². The lowest BCUT2D eigenvalue weighted by Gasteiger charge is -2.27. The van der Waals surface area contributed by atoms with Crippen LogP contribution in [0, 0.1) is 12.8 Å². The van der Waals surface area contributed by atoms with Crippen LogP contribution in [0.2, 0.25) is 0 Å². The van der Waals surface area contributed by atoms with Gasteiger partial charge in [-0.15, -0.1) is 0 Å². The molecule has 0 radical (unpaired) electrons. The molecule has 1 aromatic heterocycles. The summed E-state index contributed by atoms with van der Waals surface area (Å²) in [5, 5.41) is 3.08. The lowest BCUT2D eigenvalue weighted by atomic mass is 9.99. The Labute approximate surface area is 128 Å². The number of likely N-dealkylation sites (tertiary alicyclic amines) is 1. The van der Waals surface area contributed by atoms with Gasteiger partial charge in [0.1, 0.15) is 0 Å². The minimum absolute atomic E-state index is 0.0283. The van der Waals surface area contributed by atoms with Gasteiger partial charge in [0.15, 0.2) is 0 Å². The van der Waals surface area contributed by atoms with Crippen molar-refractivity contribution in [3.8, 4) is 0 Å². The molecule has 2 aliphatic rings. The van der Waals surface area contributed by atoms with Crippen LogP contribution >= 0.6 is 0 Å². The number of fused-ring (bicyclic) bond motifs is 3. The molecule has 1 amide bonds. The van der Waals surface area contributed by atoms with E-state index in [1.807, 2.05) is 0 Å². The quantitative estimate of drug-likeness (QED) is 0.784. The molecular weight excluding hydrogens is 284 g/mol. The molecule has 3 rings (SSSR count). The number of rotatable bonds is 3. The van der Waals surface area contributed by atoms with Gasteiger partial charge >= 0.3 is 5.69 Å². The number of aromatic nitrogens is 2. The molecule has 0 aliphatic carbocycles. The van der Waals surface area contributed by atoms with Gasteiger partial charge < -0.3 is 10.3 Å². The van der Waals surface area contributed by atoms with E-state index in [4.69, 9.17) is 0 Å². The zero-order chi connectivity index (χ0) is 15.7. The summed E-state index contributed by atoms with van der Waals surface area (Å²) < 4.78 is 1.23. The third kappa shape index (κ3) is 3.14. The average molecular weight is 306 g/mol. The van der Waals surface area contributed by atoms with E-state index in [2.05, 4.69) is 15.2 Å². The summed E-state index contributed by atoms with van der Waals surface area (Å²) in [4.78, 5) is 40.6. The number of carbonyl (C=O) groups excluding carboxylic acids is 1. The van der Waals surface area contributed by atoms with Gasteiger partial charge in [0.2, 0.25) is 5.91 Å². The Kier molecular flexibility index (Phi) is 4.15. The van der Waals surface area contributed by atoms with E-state index in [9.17, 15) is 14.4 Å². The molecular formula is C15H22N4O3. The second-order valence-corrected chi connectivity index (χ2v) is 6.34. The van der Waals surface area contributed by atoms with Crippen molar-refractivity contribution < 1.29 is 4.79 Å². The number of H-pyrrole nitrogens is 1. The predicted molar refractivity (Wildman–Crippen MR) is 81.8 cm³/mol. The van der Waals surface area contributed by atoms with Crippen LogP contribution in [0.25, 0.3) is 0 Å². The maximum atomic E-state index is 12.0. The van der Waals surface area contributed by atoms with Crippen molar-refractivity contribution >= 4 is 5.91 Å². The Bertz CT molecular complexity index is 647. The Morgan fingerprint density at radius 3 is 2.77 bits per heavy atom. The predicted octanol–water partition coefficient (Wildman–Crippen LogP) is -0.554. The van der Waals surface area contributed by atoms with Crippen molar-refractivity contribution in [1.82, 2.24) is 19.8 Å². The topological polar surface area (TPSA) is 87.2 Å². The van der Waals surface area contributed by atoms with Crippen LogP contribution in [0.5, 0.6) is 0 Å². The van der Waals surface area contributed by atoms with Crippen molar-refractivity contribution in [3.05, 3.63) is 32.6 Å². The highest BCUT2D eigenvalue weighted by atomic mass is 16.2. The molecule has 0 spiro atoms. The number of aromatic amines is 1. The van der Waals surface area contributed by atoms with Gasteiger partial charge in [-0.05, 0) is 19.8 Å². The molecule has 2 bridgehead atoms. The highest BCUT2D eigenvalue weighted by Crippen LogP contribution is 2.21. The Morgan fingerprint density at radius 1 is 1.18 bits per heavy atom. The normalized spacial score (nSPS) is 25.6. The molecule has 7 heteroatoms. The first-order valence-electron chi connectivity index (χ1n) is 7.86. The van der Waals surface area contributed by atoms with Crippen LogP contribution in [0.1, 0.15) is 25.0 Å². The zero-order valence-corrected chi connectivity index (χ0v) is 12.8. The molecule has 22 heavy (non-hydrogen) atoms. The minimum Gasteiger partial charge on any atom is -0.352 e. The Balaban J connectivity index is 1.71. The summed E-state index contributed by atoms with van der Waals surface area (Å²) in [7, 11) is 0. The summed E-state index contributed by atoms with van der Waals surface area (Å²) in [6.45, 7) is 4.15. The summed E-state index contributed by atoms with van der Waals surface area (Å²) in [5.41, 5.74) is -0.0648. The van der Waals surface area contributed by atoms with Crippen molar-refractivity contribution in [2.75, 3.05) is 19.6 Å². The van der Waals surface area contributed by atoms with E-state index in [1.54, 1.807) is 6.92 Å². The summed E-state index contributed by atoms with van der Waals surface area (Å²) in [5.74, 6) is 0.177. The van der Waals surface area contributed by atoms with Crippen LogP contribution < -0.4 is 16.6 Å². The SMILES string of the molecule is Cc1cc(=O)n(CCN2C[C@@H]3CCC[C@H](C2)C(=O)N3)c(=O)[nH]1. The Hall–Kier alpha value is -1.89. The molecule has 3 heterocycles. The molecule has 7 nitrogen and oxygen atoms in total. The first kappa shape index (κ1) is 15.0. The first-order valence-corrected chi connectivity index (χ1v) is 7.86. The molecule has 2 aliphatic heterocycles. The molecule has 2 saturated heterocycles. The maximum Gasteiger partial charge on any atom is 0.328 e. The van der Waals surface area contributed by atoms with Gasteiger partial charge in [-0.1, -0.05) is 6.42 Å². The summed E-state index contributed by atoms with van der Waals surface area (Å²) >= 11 is 0. The minimum atomic E-state index is -0.366. The van der Waals surface area contributed by atoms with Crippen molar-refractivity contribution in [1.29, 1.82) is 0 Å². The number of nitrogens with zero attached hydrogens (tertiary/aromatic N) is 2. The number of hydrogen-bond acceptors (Lipinski definition) is 4. The Morgan fingerprint density at radius 2 is 2.00 bits per heavy atom. The summed E-state index contributed by atoms with van der Waals surface area (Å²) in [6, 6.07) is 1.62. The van der Waals surface area contributed by atoms with Crippen molar-refractivity contribution in [3.63, 3.8) is 0 Å². The van der Waals surface area contributed by atoms with E-state index in [-0.39, 0.29) is 29.1 Å². The third-order valence-electron chi connectivity index (χ3n) is 4.57. The number of aryl methyl sites for hydroxylation is 1. The monoisotopic (exact) mass is 306 g/mol.